The van der Waals surface area contributed by atoms with Gasteiger partial charge in [-0.3, -0.25) is 18.7 Å². The number of fused-ring (bicyclic) bond motifs is 1. The average molecular weight is 447 g/mol. The summed E-state index contributed by atoms with van der Waals surface area (Å²) in [5.41, 5.74) is 4.57. The van der Waals surface area contributed by atoms with Crippen LogP contribution < -0.4 is 5.56 Å². The molecule has 0 radical (unpaired) electrons. The number of para-hydroxylation sites is 1. The normalized spacial score (nSPS) is 11.3. The number of aromatic nitrogens is 6. The van der Waals surface area contributed by atoms with Crippen LogP contribution in [0, 0.1) is 13.8 Å². The Kier molecular flexibility index (Phi) is 5.13. The van der Waals surface area contributed by atoms with Gasteiger partial charge in [0.15, 0.2) is 15.9 Å². The fraction of sp³-hybridized carbons (Fsp3) is 0.136. The number of nitrogens with zero attached hydrogens (tertiary/aromatic N) is 6. The Hall–Kier alpha value is -3.30. The summed E-state index contributed by atoms with van der Waals surface area (Å²) in [6.45, 7) is 3.97. The fourth-order valence-electron chi connectivity index (χ4n) is 3.39. The molecule has 0 aliphatic rings. The highest BCUT2D eigenvalue weighted by atomic mass is 32.2. The largest absolute Gasteiger partial charge is 0.270 e. The van der Waals surface area contributed by atoms with E-state index in [0.717, 1.165) is 39.2 Å². The molecule has 0 fully saturated rings. The number of rotatable bonds is 5. The van der Waals surface area contributed by atoms with Crippen LogP contribution in [0.1, 0.15) is 17.0 Å². The summed E-state index contributed by atoms with van der Waals surface area (Å²) in [6, 6.07) is 13.6. The third-order valence-corrected chi connectivity index (χ3v) is 6.79. The molecular formula is C22H18N6OS2. The third-order valence-electron chi connectivity index (χ3n) is 4.89. The molecule has 0 spiro atoms. The molecule has 0 saturated carbocycles. The lowest BCUT2D eigenvalue weighted by atomic mass is 10.2. The van der Waals surface area contributed by atoms with E-state index in [1.807, 2.05) is 47.2 Å². The van der Waals surface area contributed by atoms with Crippen LogP contribution >= 0.6 is 23.1 Å². The summed E-state index contributed by atoms with van der Waals surface area (Å²) in [6.07, 6.45) is 3.52. The molecule has 0 saturated heterocycles. The standard InChI is InChI=1S/C22H18N6OS2/c1-14-6-3-4-8-18(14)28-20(16-7-5-9-23-11-16)25-26-22(28)31-13-17-10-19(29)27-15(2)12-30-21(27)24-17/h3-12H,13H2,1-2H3. The van der Waals surface area contributed by atoms with Crippen molar-refractivity contribution >= 4 is 28.1 Å². The van der Waals surface area contributed by atoms with Crippen LogP contribution in [-0.4, -0.2) is 29.1 Å². The maximum atomic E-state index is 12.5. The predicted molar refractivity (Wildman–Crippen MR) is 123 cm³/mol. The van der Waals surface area contributed by atoms with Crippen molar-refractivity contribution in [2.24, 2.45) is 0 Å². The van der Waals surface area contributed by atoms with Crippen molar-refractivity contribution in [1.29, 1.82) is 0 Å². The van der Waals surface area contributed by atoms with E-state index < -0.39 is 0 Å². The second-order valence-electron chi connectivity index (χ2n) is 7.04. The highest BCUT2D eigenvalue weighted by Crippen LogP contribution is 2.30. The Morgan fingerprint density at radius 1 is 1.10 bits per heavy atom. The Morgan fingerprint density at radius 3 is 2.77 bits per heavy atom. The lowest BCUT2D eigenvalue weighted by Gasteiger charge is -2.12. The van der Waals surface area contributed by atoms with Gasteiger partial charge in [0.05, 0.1) is 11.4 Å². The zero-order chi connectivity index (χ0) is 21.4. The van der Waals surface area contributed by atoms with Crippen LogP contribution in [0.4, 0.5) is 0 Å². The van der Waals surface area contributed by atoms with E-state index in [0.29, 0.717) is 10.7 Å². The summed E-state index contributed by atoms with van der Waals surface area (Å²) >= 11 is 2.98. The van der Waals surface area contributed by atoms with Gasteiger partial charge in [0.2, 0.25) is 0 Å². The highest BCUT2D eigenvalue weighted by Gasteiger charge is 2.18. The SMILES string of the molecule is Cc1ccccc1-n1c(SCc2cc(=O)n3c(C)csc3n2)nnc1-c1cccnc1. The smallest absolute Gasteiger partial charge is 0.258 e. The van der Waals surface area contributed by atoms with Gasteiger partial charge in [-0.15, -0.1) is 21.5 Å². The maximum Gasteiger partial charge on any atom is 0.258 e. The van der Waals surface area contributed by atoms with Crippen molar-refractivity contribution in [2.75, 3.05) is 0 Å². The summed E-state index contributed by atoms with van der Waals surface area (Å²) in [7, 11) is 0. The fourth-order valence-corrected chi connectivity index (χ4v) is 5.12. The molecule has 0 bridgehead atoms. The Labute approximate surface area is 186 Å². The van der Waals surface area contributed by atoms with E-state index in [1.165, 1.54) is 23.1 Å². The quantitative estimate of drug-likeness (QED) is 0.375. The zero-order valence-corrected chi connectivity index (χ0v) is 18.5. The van der Waals surface area contributed by atoms with Crippen molar-refractivity contribution in [1.82, 2.24) is 29.1 Å². The van der Waals surface area contributed by atoms with Crippen LogP contribution in [0.2, 0.25) is 0 Å². The van der Waals surface area contributed by atoms with Crippen LogP contribution in [0.25, 0.3) is 22.0 Å². The molecular weight excluding hydrogens is 428 g/mol. The number of hydrogen-bond acceptors (Lipinski definition) is 7. The minimum atomic E-state index is -0.0595. The van der Waals surface area contributed by atoms with E-state index in [9.17, 15) is 4.79 Å². The van der Waals surface area contributed by atoms with Crippen molar-refractivity contribution in [3.05, 3.63) is 87.5 Å². The van der Waals surface area contributed by atoms with Crippen LogP contribution in [0.15, 0.2) is 70.2 Å². The Morgan fingerprint density at radius 2 is 1.97 bits per heavy atom. The number of aryl methyl sites for hydroxylation is 2. The molecule has 5 rings (SSSR count). The number of thioether (sulfide) groups is 1. The lowest BCUT2D eigenvalue weighted by molar-refractivity contribution is 0.879. The molecule has 7 nitrogen and oxygen atoms in total. The zero-order valence-electron chi connectivity index (χ0n) is 16.9. The van der Waals surface area contributed by atoms with Gasteiger partial charge < -0.3 is 0 Å². The minimum absolute atomic E-state index is 0.0595. The van der Waals surface area contributed by atoms with Gasteiger partial charge in [0.25, 0.3) is 5.56 Å². The van der Waals surface area contributed by atoms with E-state index >= 15 is 0 Å². The van der Waals surface area contributed by atoms with Crippen molar-refractivity contribution in [3.8, 4) is 17.1 Å². The maximum absolute atomic E-state index is 12.5. The van der Waals surface area contributed by atoms with E-state index in [4.69, 9.17) is 0 Å². The number of hydrogen-bond donors (Lipinski definition) is 0. The van der Waals surface area contributed by atoms with Gasteiger partial charge in [0, 0.05) is 40.9 Å². The molecule has 31 heavy (non-hydrogen) atoms. The van der Waals surface area contributed by atoms with Crippen LogP contribution in [0.5, 0.6) is 0 Å². The molecule has 9 heteroatoms. The minimum Gasteiger partial charge on any atom is -0.270 e. The number of benzene rings is 1. The summed E-state index contributed by atoms with van der Waals surface area (Å²) in [5, 5.41) is 11.6. The average Bonchev–Trinajstić information content (AvgIpc) is 3.37. The van der Waals surface area contributed by atoms with Crippen LogP contribution in [0.3, 0.4) is 0 Å². The number of pyridine rings is 1. The second kappa shape index (κ2) is 8.09. The Bertz CT molecular complexity index is 1440. The van der Waals surface area contributed by atoms with Gasteiger partial charge >= 0.3 is 0 Å². The molecule has 5 aromatic rings. The first-order valence-corrected chi connectivity index (χ1v) is 11.5. The third kappa shape index (κ3) is 3.66. The first-order chi connectivity index (χ1) is 15.1. The van der Waals surface area contributed by atoms with Crippen LogP contribution in [-0.2, 0) is 5.75 Å². The Balaban J connectivity index is 1.55. The summed E-state index contributed by atoms with van der Waals surface area (Å²) in [5.74, 6) is 1.24. The van der Waals surface area contributed by atoms with Gasteiger partial charge in [-0.05, 0) is 37.6 Å². The molecule has 0 N–H and O–H groups in total. The van der Waals surface area contributed by atoms with Gasteiger partial charge in [-0.25, -0.2) is 4.98 Å². The monoisotopic (exact) mass is 446 g/mol. The molecule has 0 atom stereocenters. The van der Waals surface area contributed by atoms with Gasteiger partial charge in [-0.2, -0.15) is 0 Å². The first-order valence-electron chi connectivity index (χ1n) is 9.63. The van der Waals surface area contributed by atoms with Crippen molar-refractivity contribution in [3.63, 3.8) is 0 Å². The lowest BCUT2D eigenvalue weighted by Crippen LogP contribution is -2.14. The molecule has 1 aromatic carbocycles. The van der Waals surface area contributed by atoms with Crippen molar-refractivity contribution < 1.29 is 0 Å². The van der Waals surface area contributed by atoms with Crippen molar-refractivity contribution in [2.45, 2.75) is 24.8 Å². The van der Waals surface area contributed by atoms with E-state index in [2.05, 4.69) is 33.2 Å². The van der Waals surface area contributed by atoms with Gasteiger partial charge in [-0.1, -0.05) is 30.0 Å². The molecule has 4 aromatic heterocycles. The molecule has 4 heterocycles. The molecule has 0 aliphatic carbocycles. The predicted octanol–water partition coefficient (Wildman–Crippen LogP) is 4.31. The molecule has 154 valence electrons. The van der Waals surface area contributed by atoms with Gasteiger partial charge in [0.1, 0.15) is 0 Å². The topological polar surface area (TPSA) is 78.0 Å². The first kappa shape index (κ1) is 19.7. The second-order valence-corrected chi connectivity index (χ2v) is 8.82. The van der Waals surface area contributed by atoms with E-state index in [1.54, 1.807) is 22.9 Å². The number of thiazole rings is 1. The summed E-state index contributed by atoms with van der Waals surface area (Å²) in [4.78, 5) is 22.1. The summed E-state index contributed by atoms with van der Waals surface area (Å²) < 4.78 is 3.67. The molecule has 0 unspecified atom stereocenters. The molecule has 0 amide bonds. The highest BCUT2D eigenvalue weighted by molar-refractivity contribution is 7.98. The molecule has 0 aliphatic heterocycles. The van der Waals surface area contributed by atoms with E-state index in [-0.39, 0.29) is 5.56 Å².